The Morgan fingerprint density at radius 3 is 2.32 bits per heavy atom. The molecule has 158 valence electrons. The van der Waals surface area contributed by atoms with Gasteiger partial charge in [-0.3, -0.25) is 4.79 Å². The molecule has 0 saturated carbocycles. The smallest absolute Gasteiger partial charge is 0.266 e. The van der Waals surface area contributed by atoms with Crippen LogP contribution in [0.25, 0.3) is 16.8 Å². The Balaban J connectivity index is 2.03. The van der Waals surface area contributed by atoms with E-state index >= 15 is 0 Å². The first kappa shape index (κ1) is 21.7. The van der Waals surface area contributed by atoms with Crippen LogP contribution in [0.15, 0.2) is 60.2 Å². The average molecular weight is 416 g/mol. The van der Waals surface area contributed by atoms with E-state index in [0.717, 1.165) is 10.8 Å². The summed E-state index contributed by atoms with van der Waals surface area (Å²) in [5.41, 5.74) is 1.18. The molecule has 0 aliphatic heterocycles. The number of benzene rings is 3. The number of nitrogens with zero attached hydrogens (tertiary/aromatic N) is 1. The maximum absolute atomic E-state index is 12.8. The molecule has 3 aromatic rings. The summed E-state index contributed by atoms with van der Waals surface area (Å²) in [6, 6.07) is 18.4. The number of amides is 1. The lowest BCUT2D eigenvalue weighted by Gasteiger charge is -2.13. The second kappa shape index (κ2) is 10.2. The maximum atomic E-state index is 12.8. The van der Waals surface area contributed by atoms with E-state index in [1.165, 1.54) is 0 Å². The number of fused-ring (bicyclic) bond motifs is 1. The molecule has 0 aliphatic carbocycles. The molecule has 0 radical (unpaired) electrons. The minimum atomic E-state index is -0.506. The molecular formula is C25H24N2O4. The normalized spacial score (nSPS) is 11.0. The van der Waals surface area contributed by atoms with Crippen LogP contribution < -0.4 is 19.5 Å². The zero-order valence-corrected chi connectivity index (χ0v) is 17.8. The molecule has 0 bridgehead atoms. The molecule has 0 atom stereocenters. The van der Waals surface area contributed by atoms with Crippen LogP contribution in [0.5, 0.6) is 17.2 Å². The number of ether oxygens (including phenoxy) is 3. The monoisotopic (exact) mass is 416 g/mol. The van der Waals surface area contributed by atoms with Gasteiger partial charge in [-0.1, -0.05) is 12.1 Å². The first-order valence-electron chi connectivity index (χ1n) is 9.99. The van der Waals surface area contributed by atoms with E-state index in [9.17, 15) is 10.1 Å². The molecule has 31 heavy (non-hydrogen) atoms. The molecule has 0 aromatic heterocycles. The van der Waals surface area contributed by atoms with E-state index in [-0.39, 0.29) is 5.57 Å². The molecule has 0 aliphatic rings. The minimum absolute atomic E-state index is 0.0360. The summed E-state index contributed by atoms with van der Waals surface area (Å²) in [4.78, 5) is 12.8. The number of anilines is 1. The van der Waals surface area contributed by atoms with Crippen molar-refractivity contribution >= 4 is 28.4 Å². The molecule has 0 fully saturated rings. The van der Waals surface area contributed by atoms with Crippen molar-refractivity contribution in [2.75, 3.05) is 25.6 Å². The van der Waals surface area contributed by atoms with Gasteiger partial charge in [0.2, 0.25) is 0 Å². The third-order valence-corrected chi connectivity index (χ3v) is 4.61. The summed E-state index contributed by atoms with van der Waals surface area (Å²) in [6.07, 6.45) is 1.56. The topological polar surface area (TPSA) is 80.6 Å². The van der Waals surface area contributed by atoms with Crippen molar-refractivity contribution in [2.24, 2.45) is 0 Å². The van der Waals surface area contributed by atoms with E-state index in [2.05, 4.69) is 5.32 Å². The Bertz CT molecular complexity index is 1140. The van der Waals surface area contributed by atoms with Crippen LogP contribution in [0.4, 0.5) is 5.69 Å². The second-order valence-corrected chi connectivity index (χ2v) is 6.58. The second-order valence-electron chi connectivity index (χ2n) is 6.58. The highest BCUT2D eigenvalue weighted by Gasteiger charge is 2.14. The van der Waals surface area contributed by atoms with Crippen molar-refractivity contribution in [2.45, 2.75) is 13.8 Å². The van der Waals surface area contributed by atoms with Crippen LogP contribution in [0, 0.1) is 11.3 Å². The molecule has 1 amide bonds. The summed E-state index contributed by atoms with van der Waals surface area (Å²) in [6.45, 7) is 4.79. The van der Waals surface area contributed by atoms with Gasteiger partial charge in [0.15, 0.2) is 0 Å². The van der Waals surface area contributed by atoms with E-state index in [1.807, 2.05) is 50.2 Å². The average Bonchev–Trinajstić information content (AvgIpc) is 2.79. The van der Waals surface area contributed by atoms with Crippen LogP contribution in [0.1, 0.15) is 19.4 Å². The molecule has 6 heteroatoms. The molecule has 0 heterocycles. The Morgan fingerprint density at radius 2 is 1.68 bits per heavy atom. The maximum Gasteiger partial charge on any atom is 0.266 e. The van der Waals surface area contributed by atoms with Crippen LogP contribution in [0.2, 0.25) is 0 Å². The van der Waals surface area contributed by atoms with Crippen molar-refractivity contribution in [3.05, 3.63) is 65.7 Å². The number of methoxy groups -OCH3 is 1. The number of hydrogen-bond acceptors (Lipinski definition) is 5. The van der Waals surface area contributed by atoms with Gasteiger partial charge in [0.25, 0.3) is 5.91 Å². The van der Waals surface area contributed by atoms with E-state index < -0.39 is 5.91 Å². The predicted octanol–water partition coefficient (Wildman–Crippen LogP) is 5.19. The highest BCUT2D eigenvalue weighted by atomic mass is 16.5. The summed E-state index contributed by atoms with van der Waals surface area (Å²) in [5, 5.41) is 14.2. The predicted molar refractivity (Wildman–Crippen MR) is 121 cm³/mol. The van der Waals surface area contributed by atoms with Crippen molar-refractivity contribution in [1.82, 2.24) is 0 Å². The van der Waals surface area contributed by atoms with E-state index in [4.69, 9.17) is 14.2 Å². The number of nitrogens with one attached hydrogen (secondary N) is 1. The quantitative estimate of drug-likeness (QED) is 0.404. The Morgan fingerprint density at radius 1 is 1.00 bits per heavy atom. The van der Waals surface area contributed by atoms with E-state index in [0.29, 0.717) is 41.7 Å². The number of rotatable bonds is 8. The Kier molecular flexibility index (Phi) is 7.13. The van der Waals surface area contributed by atoms with Crippen molar-refractivity contribution in [3.8, 4) is 23.3 Å². The molecule has 1 N–H and O–H groups in total. The van der Waals surface area contributed by atoms with Gasteiger partial charge < -0.3 is 19.5 Å². The van der Waals surface area contributed by atoms with Gasteiger partial charge in [0.05, 0.1) is 20.3 Å². The zero-order valence-electron chi connectivity index (χ0n) is 17.8. The molecule has 6 nitrogen and oxygen atoms in total. The summed E-state index contributed by atoms with van der Waals surface area (Å²) < 4.78 is 16.5. The van der Waals surface area contributed by atoms with Crippen LogP contribution >= 0.6 is 0 Å². The lowest BCUT2D eigenvalue weighted by Crippen LogP contribution is -2.13. The molecule has 3 rings (SSSR count). The highest BCUT2D eigenvalue weighted by Crippen LogP contribution is 2.33. The Hall–Kier alpha value is -3.98. The van der Waals surface area contributed by atoms with Crippen LogP contribution in [-0.4, -0.2) is 26.2 Å². The van der Waals surface area contributed by atoms with Gasteiger partial charge >= 0.3 is 0 Å². The minimum Gasteiger partial charge on any atom is -0.497 e. The van der Waals surface area contributed by atoms with Crippen molar-refractivity contribution in [1.29, 1.82) is 5.26 Å². The van der Waals surface area contributed by atoms with Gasteiger partial charge in [-0.15, -0.1) is 0 Å². The SMILES string of the molecule is CCOc1ccc2ccc(OCC)c(/C=C(/C#N)C(=O)Nc3ccc(OC)cc3)c2c1. The number of carbonyl (C=O) groups is 1. The zero-order chi connectivity index (χ0) is 22.2. The van der Waals surface area contributed by atoms with Crippen molar-refractivity contribution < 1.29 is 19.0 Å². The van der Waals surface area contributed by atoms with E-state index in [1.54, 1.807) is 37.5 Å². The molecule has 3 aromatic carbocycles. The summed E-state index contributed by atoms with van der Waals surface area (Å²) >= 11 is 0. The molecule has 0 spiro atoms. The first-order chi connectivity index (χ1) is 15.1. The lowest BCUT2D eigenvalue weighted by molar-refractivity contribution is -0.112. The molecule has 0 unspecified atom stereocenters. The van der Waals surface area contributed by atoms with Gasteiger partial charge in [0, 0.05) is 11.3 Å². The molecule has 0 saturated heterocycles. The fourth-order valence-electron chi connectivity index (χ4n) is 3.15. The standard InChI is InChI=1S/C25H24N2O4/c1-4-30-21-10-6-17-7-13-24(31-5-2)23(22(17)15-21)14-18(16-26)25(28)27-19-8-11-20(29-3)12-9-19/h6-15H,4-5H2,1-3H3,(H,27,28)/b18-14-. The van der Waals surface area contributed by atoms with Gasteiger partial charge in [-0.05, 0) is 73.2 Å². The van der Waals surface area contributed by atoms with Crippen LogP contribution in [-0.2, 0) is 4.79 Å². The largest absolute Gasteiger partial charge is 0.497 e. The highest BCUT2D eigenvalue weighted by molar-refractivity contribution is 6.11. The van der Waals surface area contributed by atoms with Crippen molar-refractivity contribution in [3.63, 3.8) is 0 Å². The Labute approximate surface area is 181 Å². The molecular weight excluding hydrogens is 392 g/mol. The number of nitriles is 1. The first-order valence-corrected chi connectivity index (χ1v) is 9.99. The fourth-order valence-corrected chi connectivity index (χ4v) is 3.15. The number of hydrogen-bond donors (Lipinski definition) is 1. The van der Waals surface area contributed by atoms with Crippen LogP contribution in [0.3, 0.4) is 0 Å². The lowest BCUT2D eigenvalue weighted by atomic mass is 10.0. The fraction of sp³-hybridized carbons (Fsp3) is 0.200. The number of carbonyl (C=O) groups excluding carboxylic acids is 1. The van der Waals surface area contributed by atoms with Gasteiger partial charge in [-0.2, -0.15) is 5.26 Å². The van der Waals surface area contributed by atoms with Gasteiger partial charge in [-0.25, -0.2) is 0 Å². The van der Waals surface area contributed by atoms with Gasteiger partial charge in [0.1, 0.15) is 28.9 Å². The summed E-state index contributed by atoms with van der Waals surface area (Å²) in [7, 11) is 1.57. The summed E-state index contributed by atoms with van der Waals surface area (Å²) in [5.74, 6) is 1.47. The third-order valence-electron chi connectivity index (χ3n) is 4.61. The third kappa shape index (κ3) is 5.14.